The molecular weight excluding hydrogens is 604 g/mol. The molecule has 45 heavy (non-hydrogen) atoms. The fourth-order valence-electron chi connectivity index (χ4n) is 6.02. The predicted molar refractivity (Wildman–Crippen MR) is 178 cm³/mol. The fourth-order valence-corrected chi connectivity index (χ4v) is 7.46. The van der Waals surface area contributed by atoms with Crippen molar-refractivity contribution in [1.29, 1.82) is 0 Å². The van der Waals surface area contributed by atoms with Crippen molar-refractivity contribution < 1.29 is 19.1 Å². The zero-order chi connectivity index (χ0) is 30.9. The molecule has 8 heteroatoms. The van der Waals surface area contributed by atoms with Gasteiger partial charge in [-0.05, 0) is 60.0 Å². The van der Waals surface area contributed by atoms with Gasteiger partial charge in [-0.3, -0.25) is 9.78 Å². The Morgan fingerprint density at radius 1 is 1.00 bits per heavy atom. The normalized spacial score (nSPS) is 14.1. The standard InChI is InChI=1S/C37H31ClN2O4S/c1-23-17-31-34(43-22-28-12-9-26(20-39-28)25-5-3-2-4-6-25)16-15-32-36(31)37(45-23)33(18-29-13-14-30(44-29)19-35(41)42)40(32)21-24-7-10-27(38)11-8-24/h2-16,20,23H,17-19,21-22H2,1H3,(H,41,42). The summed E-state index contributed by atoms with van der Waals surface area (Å²) in [4.78, 5) is 17.2. The fraction of sp³-hybridized carbons (Fsp3) is 0.189. The summed E-state index contributed by atoms with van der Waals surface area (Å²) < 4.78 is 14.8. The Hall–Kier alpha value is -4.46. The number of ether oxygens (including phenoxy) is 1. The number of carboxylic acid groups (broad SMARTS) is 1. The van der Waals surface area contributed by atoms with E-state index in [1.165, 1.54) is 15.8 Å². The highest BCUT2D eigenvalue weighted by atomic mass is 35.5. The zero-order valence-corrected chi connectivity index (χ0v) is 26.3. The van der Waals surface area contributed by atoms with E-state index in [4.69, 9.17) is 20.8 Å². The van der Waals surface area contributed by atoms with Gasteiger partial charge >= 0.3 is 5.97 Å². The van der Waals surface area contributed by atoms with Crippen LogP contribution in [0.3, 0.4) is 0 Å². The second-order valence-electron chi connectivity index (χ2n) is 11.4. The maximum Gasteiger partial charge on any atom is 0.311 e. The molecule has 1 N–H and O–H groups in total. The third kappa shape index (κ3) is 6.23. The zero-order valence-electron chi connectivity index (χ0n) is 24.7. The molecule has 0 radical (unpaired) electrons. The minimum Gasteiger partial charge on any atom is -0.487 e. The number of hydrogen-bond acceptors (Lipinski definition) is 5. The summed E-state index contributed by atoms with van der Waals surface area (Å²) in [7, 11) is 0. The minimum absolute atomic E-state index is 0.138. The number of nitrogens with zero attached hydrogens (tertiary/aromatic N) is 2. The van der Waals surface area contributed by atoms with Gasteiger partial charge in [-0.15, -0.1) is 11.8 Å². The molecule has 4 heterocycles. The lowest BCUT2D eigenvalue weighted by Crippen LogP contribution is -2.10. The Kier molecular flexibility index (Phi) is 8.13. The van der Waals surface area contributed by atoms with Gasteiger partial charge in [0.1, 0.15) is 30.3 Å². The van der Waals surface area contributed by atoms with Crippen molar-refractivity contribution in [3.63, 3.8) is 0 Å². The van der Waals surface area contributed by atoms with Crippen LogP contribution in [0, 0.1) is 0 Å². The summed E-state index contributed by atoms with van der Waals surface area (Å²) in [5.74, 6) is 1.16. The first-order chi connectivity index (χ1) is 21.9. The monoisotopic (exact) mass is 634 g/mol. The summed E-state index contributed by atoms with van der Waals surface area (Å²) in [6.45, 7) is 3.29. The van der Waals surface area contributed by atoms with Crippen LogP contribution >= 0.6 is 23.4 Å². The Morgan fingerprint density at radius 3 is 2.56 bits per heavy atom. The lowest BCUT2D eigenvalue weighted by Gasteiger charge is -2.22. The van der Waals surface area contributed by atoms with E-state index in [9.17, 15) is 9.90 Å². The molecule has 1 atom stereocenters. The molecular formula is C37H31ClN2O4S. The van der Waals surface area contributed by atoms with E-state index in [0.29, 0.717) is 35.6 Å². The molecule has 0 bridgehead atoms. The first-order valence-electron chi connectivity index (χ1n) is 14.9. The smallest absolute Gasteiger partial charge is 0.311 e. The van der Waals surface area contributed by atoms with Gasteiger partial charge in [-0.25, -0.2) is 0 Å². The molecule has 7 rings (SSSR count). The molecule has 1 aliphatic rings. The molecule has 3 aromatic carbocycles. The quantitative estimate of drug-likeness (QED) is 0.162. The van der Waals surface area contributed by atoms with Crippen molar-refractivity contribution in [2.75, 3.05) is 0 Å². The van der Waals surface area contributed by atoms with Gasteiger partial charge in [0.25, 0.3) is 0 Å². The van der Waals surface area contributed by atoms with Gasteiger partial charge in [0.05, 0.1) is 11.2 Å². The van der Waals surface area contributed by atoms with E-state index in [2.05, 4.69) is 58.9 Å². The molecule has 6 aromatic rings. The Morgan fingerprint density at radius 2 is 1.80 bits per heavy atom. The van der Waals surface area contributed by atoms with Crippen LogP contribution in [0.5, 0.6) is 5.75 Å². The molecule has 0 amide bonds. The molecule has 1 unspecified atom stereocenters. The summed E-state index contributed by atoms with van der Waals surface area (Å²) in [6, 6.07) is 30.2. The highest BCUT2D eigenvalue weighted by Gasteiger charge is 2.29. The van der Waals surface area contributed by atoms with E-state index in [1.54, 1.807) is 6.07 Å². The number of halogens is 1. The Labute approximate surface area is 270 Å². The molecule has 1 aliphatic heterocycles. The van der Waals surface area contributed by atoms with E-state index in [0.717, 1.165) is 51.5 Å². The topological polar surface area (TPSA) is 77.5 Å². The lowest BCUT2D eigenvalue weighted by molar-refractivity contribution is -0.136. The maximum atomic E-state index is 11.3. The summed E-state index contributed by atoms with van der Waals surface area (Å²) >= 11 is 8.08. The number of benzene rings is 3. The van der Waals surface area contributed by atoms with Crippen molar-refractivity contribution >= 4 is 40.2 Å². The average Bonchev–Trinajstić information content (AvgIpc) is 3.60. The molecule has 0 saturated heterocycles. The highest BCUT2D eigenvalue weighted by molar-refractivity contribution is 8.00. The number of thioether (sulfide) groups is 1. The Balaban J connectivity index is 1.24. The van der Waals surface area contributed by atoms with Crippen LogP contribution in [0.4, 0.5) is 0 Å². The number of carboxylic acids is 1. The molecule has 6 nitrogen and oxygen atoms in total. The van der Waals surface area contributed by atoms with Gasteiger partial charge < -0.3 is 18.8 Å². The van der Waals surface area contributed by atoms with E-state index in [1.807, 2.05) is 60.4 Å². The van der Waals surface area contributed by atoms with Crippen LogP contribution in [0.25, 0.3) is 22.0 Å². The van der Waals surface area contributed by atoms with Crippen molar-refractivity contribution in [1.82, 2.24) is 9.55 Å². The van der Waals surface area contributed by atoms with Crippen LogP contribution in [-0.4, -0.2) is 25.9 Å². The van der Waals surface area contributed by atoms with Crippen molar-refractivity contribution in [3.05, 3.63) is 136 Å². The average molecular weight is 635 g/mol. The molecule has 226 valence electrons. The number of pyridine rings is 1. The second kappa shape index (κ2) is 12.5. The third-order valence-electron chi connectivity index (χ3n) is 8.11. The second-order valence-corrected chi connectivity index (χ2v) is 13.3. The minimum atomic E-state index is -0.910. The Bertz CT molecular complexity index is 1980. The first kappa shape index (κ1) is 29.3. The molecule has 0 aliphatic carbocycles. The van der Waals surface area contributed by atoms with Crippen LogP contribution < -0.4 is 4.74 Å². The van der Waals surface area contributed by atoms with Gasteiger partial charge in [0, 0.05) is 56.5 Å². The summed E-state index contributed by atoms with van der Waals surface area (Å²) in [5, 5.41) is 11.5. The molecule has 0 fully saturated rings. The molecule has 0 saturated carbocycles. The van der Waals surface area contributed by atoms with Crippen molar-refractivity contribution in [2.45, 2.75) is 49.5 Å². The van der Waals surface area contributed by atoms with Crippen LogP contribution in [-0.2, 0) is 37.2 Å². The summed E-state index contributed by atoms with van der Waals surface area (Å²) in [5.41, 5.74) is 7.71. The third-order valence-corrected chi connectivity index (χ3v) is 9.61. The van der Waals surface area contributed by atoms with Gasteiger partial charge in [-0.1, -0.05) is 67.1 Å². The van der Waals surface area contributed by atoms with Crippen LogP contribution in [0.1, 0.15) is 41.0 Å². The number of aliphatic carboxylic acids is 1. The first-order valence-corrected chi connectivity index (χ1v) is 16.2. The molecule has 0 spiro atoms. The van der Waals surface area contributed by atoms with E-state index >= 15 is 0 Å². The predicted octanol–water partition coefficient (Wildman–Crippen LogP) is 8.83. The van der Waals surface area contributed by atoms with Crippen molar-refractivity contribution in [3.8, 4) is 16.9 Å². The van der Waals surface area contributed by atoms with Crippen LogP contribution in [0.15, 0.2) is 107 Å². The lowest BCUT2D eigenvalue weighted by atomic mass is 10.0. The van der Waals surface area contributed by atoms with Crippen LogP contribution in [0.2, 0.25) is 5.02 Å². The van der Waals surface area contributed by atoms with Gasteiger partial charge in [-0.2, -0.15) is 0 Å². The van der Waals surface area contributed by atoms with E-state index in [-0.39, 0.29) is 6.42 Å². The van der Waals surface area contributed by atoms with Gasteiger partial charge in [0.2, 0.25) is 0 Å². The number of hydrogen-bond donors (Lipinski definition) is 1. The summed E-state index contributed by atoms with van der Waals surface area (Å²) in [6.07, 6.45) is 3.20. The van der Waals surface area contributed by atoms with Gasteiger partial charge in [0.15, 0.2) is 0 Å². The number of carbonyl (C=O) groups is 1. The largest absolute Gasteiger partial charge is 0.487 e. The number of furan rings is 1. The van der Waals surface area contributed by atoms with E-state index < -0.39 is 5.97 Å². The number of aromatic nitrogens is 2. The maximum absolute atomic E-state index is 11.3. The van der Waals surface area contributed by atoms with Crippen molar-refractivity contribution in [2.24, 2.45) is 0 Å². The number of rotatable bonds is 10. The highest BCUT2D eigenvalue weighted by Crippen LogP contribution is 2.47. The molecule has 3 aromatic heterocycles. The SMILES string of the molecule is CC1Cc2c(OCc3ccc(-c4ccccc4)cn3)ccc3c2c(c(Cc2ccc(CC(=O)O)o2)n3Cc2ccc(Cl)cc2)S1.